The molecule has 0 spiro atoms. The fraction of sp³-hybridized carbons (Fsp3) is 0.214. The summed E-state index contributed by atoms with van der Waals surface area (Å²) in [4.78, 5) is 14.9. The molecule has 1 amide bonds. The maximum Gasteiger partial charge on any atom is 0.246 e. The average Bonchev–Trinajstić information content (AvgIpc) is 3.01. The monoisotopic (exact) mass is 261 g/mol. The molecule has 0 atom stereocenters. The van der Waals surface area contributed by atoms with E-state index in [2.05, 4.69) is 0 Å². The lowest BCUT2D eigenvalue weighted by atomic mass is 10.3. The van der Waals surface area contributed by atoms with Crippen LogP contribution in [0.15, 0.2) is 52.5 Å². The van der Waals surface area contributed by atoms with Gasteiger partial charge in [0.1, 0.15) is 5.76 Å². The van der Waals surface area contributed by atoms with Crippen molar-refractivity contribution >= 4 is 17.2 Å². The van der Waals surface area contributed by atoms with Gasteiger partial charge < -0.3 is 9.32 Å². The van der Waals surface area contributed by atoms with Crippen molar-refractivity contribution in [3.05, 3.63) is 58.7 Å². The number of nitrogens with zero attached hydrogens (tertiary/aromatic N) is 1. The van der Waals surface area contributed by atoms with Crippen molar-refractivity contribution in [2.24, 2.45) is 0 Å². The topological polar surface area (TPSA) is 33.5 Å². The predicted molar refractivity (Wildman–Crippen MR) is 72.1 cm³/mol. The first kappa shape index (κ1) is 12.6. The minimum absolute atomic E-state index is 0.00213. The van der Waals surface area contributed by atoms with Crippen LogP contribution in [0.25, 0.3) is 0 Å². The third-order valence-corrected chi connectivity index (χ3v) is 3.34. The summed E-state index contributed by atoms with van der Waals surface area (Å²) in [6.07, 6.45) is 4.96. The molecule has 0 bridgehead atoms. The lowest BCUT2D eigenvalue weighted by Crippen LogP contribution is -2.27. The summed E-state index contributed by atoms with van der Waals surface area (Å²) in [5, 5.41) is 2.01. The number of allylic oxidation sites excluding steroid dienone is 1. The Bertz CT molecular complexity index is 464. The van der Waals surface area contributed by atoms with Gasteiger partial charge >= 0.3 is 0 Å². The molecule has 0 saturated heterocycles. The van der Waals surface area contributed by atoms with Crippen LogP contribution in [-0.2, 0) is 17.9 Å². The Morgan fingerprint density at radius 3 is 2.89 bits per heavy atom. The second-order valence-electron chi connectivity index (χ2n) is 3.85. The van der Waals surface area contributed by atoms with Crippen molar-refractivity contribution in [3.63, 3.8) is 0 Å². The Kier molecular flexibility index (Phi) is 4.36. The minimum atomic E-state index is 0.00213. The Balaban J connectivity index is 2.09. The van der Waals surface area contributed by atoms with E-state index in [9.17, 15) is 4.79 Å². The molecule has 94 valence electrons. The normalized spacial score (nSPS) is 10.9. The Labute approximate surface area is 110 Å². The first-order chi connectivity index (χ1) is 8.79. The van der Waals surface area contributed by atoms with Gasteiger partial charge in [-0.3, -0.25) is 4.79 Å². The lowest BCUT2D eigenvalue weighted by Gasteiger charge is -2.19. The first-order valence-electron chi connectivity index (χ1n) is 5.76. The van der Waals surface area contributed by atoms with E-state index in [1.165, 1.54) is 4.88 Å². The standard InChI is InChI=1S/C14H15NO2S/c1-2-5-14(16)15(10-12-6-3-8-17-12)11-13-7-4-9-18-13/h2-9H,10-11H2,1H3/b5-2-. The molecule has 4 heteroatoms. The van der Waals surface area contributed by atoms with Crippen LogP contribution in [0.3, 0.4) is 0 Å². The molecule has 0 unspecified atom stereocenters. The SMILES string of the molecule is C/C=C\C(=O)N(Cc1ccco1)Cc1cccs1. The average molecular weight is 261 g/mol. The summed E-state index contributed by atoms with van der Waals surface area (Å²) in [6.45, 7) is 2.95. The van der Waals surface area contributed by atoms with Crippen LogP contribution < -0.4 is 0 Å². The predicted octanol–water partition coefficient (Wildman–Crippen LogP) is 3.45. The summed E-state index contributed by atoms with van der Waals surface area (Å²) in [7, 11) is 0. The summed E-state index contributed by atoms with van der Waals surface area (Å²) in [5.41, 5.74) is 0. The number of rotatable bonds is 5. The van der Waals surface area contributed by atoms with Crippen LogP contribution in [0.1, 0.15) is 17.6 Å². The molecule has 2 aromatic rings. The molecule has 0 fully saturated rings. The van der Waals surface area contributed by atoms with Crippen molar-refractivity contribution in [2.75, 3.05) is 0 Å². The van der Waals surface area contributed by atoms with Crippen molar-refractivity contribution in [3.8, 4) is 0 Å². The smallest absolute Gasteiger partial charge is 0.246 e. The maximum atomic E-state index is 12.0. The third kappa shape index (κ3) is 3.34. The zero-order valence-electron chi connectivity index (χ0n) is 10.2. The van der Waals surface area contributed by atoms with E-state index in [1.807, 2.05) is 36.6 Å². The fourth-order valence-corrected chi connectivity index (χ4v) is 2.36. The summed E-state index contributed by atoms with van der Waals surface area (Å²) in [5.74, 6) is 0.798. The van der Waals surface area contributed by atoms with E-state index in [0.717, 1.165) is 5.76 Å². The van der Waals surface area contributed by atoms with Crippen LogP contribution in [0.4, 0.5) is 0 Å². The molecule has 0 N–H and O–H groups in total. The van der Waals surface area contributed by atoms with Crippen molar-refractivity contribution < 1.29 is 9.21 Å². The van der Waals surface area contributed by atoms with E-state index in [1.54, 1.807) is 34.7 Å². The van der Waals surface area contributed by atoms with Crippen LogP contribution in [0, 0.1) is 0 Å². The first-order valence-corrected chi connectivity index (χ1v) is 6.64. The zero-order chi connectivity index (χ0) is 12.8. The molecule has 0 aromatic carbocycles. The highest BCUT2D eigenvalue weighted by Crippen LogP contribution is 2.15. The fourth-order valence-electron chi connectivity index (χ4n) is 1.64. The van der Waals surface area contributed by atoms with Gasteiger partial charge in [-0.05, 0) is 36.6 Å². The van der Waals surface area contributed by atoms with Crippen LogP contribution in [0.2, 0.25) is 0 Å². The van der Waals surface area contributed by atoms with Gasteiger partial charge in [-0.25, -0.2) is 0 Å². The second-order valence-corrected chi connectivity index (χ2v) is 4.89. The highest BCUT2D eigenvalue weighted by atomic mass is 32.1. The number of carbonyl (C=O) groups excluding carboxylic acids is 1. The van der Waals surface area contributed by atoms with Crippen LogP contribution in [0.5, 0.6) is 0 Å². The lowest BCUT2D eigenvalue weighted by molar-refractivity contribution is -0.127. The largest absolute Gasteiger partial charge is 0.467 e. The van der Waals surface area contributed by atoms with Gasteiger partial charge in [-0.2, -0.15) is 0 Å². The zero-order valence-corrected chi connectivity index (χ0v) is 11.0. The Hall–Kier alpha value is -1.81. The summed E-state index contributed by atoms with van der Waals surface area (Å²) >= 11 is 1.65. The summed E-state index contributed by atoms with van der Waals surface area (Å²) in [6, 6.07) is 7.73. The molecule has 18 heavy (non-hydrogen) atoms. The molecule has 2 heterocycles. The molecule has 0 aliphatic carbocycles. The molecule has 0 aliphatic rings. The maximum absolute atomic E-state index is 12.0. The van der Waals surface area contributed by atoms with Crippen molar-refractivity contribution in [1.29, 1.82) is 0 Å². The molecule has 0 saturated carbocycles. The van der Waals surface area contributed by atoms with Gasteiger partial charge in [-0.15, -0.1) is 11.3 Å². The molecule has 2 aromatic heterocycles. The third-order valence-electron chi connectivity index (χ3n) is 2.47. The highest BCUT2D eigenvalue weighted by Gasteiger charge is 2.13. The summed E-state index contributed by atoms with van der Waals surface area (Å²) < 4.78 is 5.30. The van der Waals surface area contributed by atoms with E-state index >= 15 is 0 Å². The second kappa shape index (κ2) is 6.21. The quantitative estimate of drug-likeness (QED) is 0.772. The van der Waals surface area contributed by atoms with Gasteiger partial charge in [0.05, 0.1) is 19.4 Å². The van der Waals surface area contributed by atoms with E-state index in [0.29, 0.717) is 13.1 Å². The van der Waals surface area contributed by atoms with Crippen molar-refractivity contribution in [1.82, 2.24) is 4.90 Å². The van der Waals surface area contributed by atoms with E-state index < -0.39 is 0 Å². The molecule has 0 radical (unpaired) electrons. The van der Waals surface area contributed by atoms with Gasteiger partial charge in [0.15, 0.2) is 0 Å². The number of amides is 1. The van der Waals surface area contributed by atoms with Crippen molar-refractivity contribution in [2.45, 2.75) is 20.0 Å². The highest BCUT2D eigenvalue weighted by molar-refractivity contribution is 7.09. The molecule has 2 rings (SSSR count). The van der Waals surface area contributed by atoms with E-state index in [-0.39, 0.29) is 5.91 Å². The Morgan fingerprint density at radius 2 is 2.28 bits per heavy atom. The molecular formula is C14H15NO2S. The minimum Gasteiger partial charge on any atom is -0.467 e. The van der Waals surface area contributed by atoms with Gasteiger partial charge in [0, 0.05) is 4.88 Å². The number of thiophene rings is 1. The van der Waals surface area contributed by atoms with Gasteiger partial charge in [-0.1, -0.05) is 12.1 Å². The number of furan rings is 1. The van der Waals surface area contributed by atoms with Crippen LogP contribution >= 0.6 is 11.3 Å². The van der Waals surface area contributed by atoms with Gasteiger partial charge in [0.25, 0.3) is 0 Å². The van der Waals surface area contributed by atoms with Crippen LogP contribution in [-0.4, -0.2) is 10.8 Å². The molecule has 3 nitrogen and oxygen atoms in total. The van der Waals surface area contributed by atoms with Gasteiger partial charge in [0.2, 0.25) is 5.91 Å². The number of hydrogen-bond acceptors (Lipinski definition) is 3. The molecular weight excluding hydrogens is 246 g/mol. The Morgan fingerprint density at radius 1 is 1.39 bits per heavy atom. The number of hydrogen-bond donors (Lipinski definition) is 0. The molecule has 0 aliphatic heterocycles. The van der Waals surface area contributed by atoms with E-state index in [4.69, 9.17) is 4.42 Å². The number of carbonyl (C=O) groups is 1.